The van der Waals surface area contributed by atoms with E-state index in [9.17, 15) is 18.3 Å². The standard InChI is InChI=1S/C23H26F3N3O2/c1-16-10-18-12-20(23(24,25)26)27-21(18)29(13-16)15-22(30)6-8-28(9-7-22)14-17-4-3-5-19(11-17)31-2/h3-5,10-13,30H,6-9,14-15H2,1-2H3. The van der Waals surface area contributed by atoms with Crippen molar-refractivity contribution in [3.05, 3.63) is 59.4 Å². The van der Waals surface area contributed by atoms with Crippen LogP contribution in [0.5, 0.6) is 5.75 Å². The number of aryl methyl sites for hydroxylation is 1. The summed E-state index contributed by atoms with van der Waals surface area (Å²) in [6.07, 6.45) is -1.67. The van der Waals surface area contributed by atoms with Crippen molar-refractivity contribution in [2.45, 2.75) is 44.6 Å². The summed E-state index contributed by atoms with van der Waals surface area (Å²) in [7, 11) is 1.64. The van der Waals surface area contributed by atoms with Crippen molar-refractivity contribution in [2.24, 2.45) is 0 Å². The Hall–Kier alpha value is -2.58. The molecule has 3 heterocycles. The summed E-state index contributed by atoms with van der Waals surface area (Å²) in [4.78, 5) is 6.08. The average molecular weight is 433 g/mol. The van der Waals surface area contributed by atoms with Crippen LogP contribution in [0, 0.1) is 6.92 Å². The number of hydrogen-bond donors (Lipinski definition) is 1. The van der Waals surface area contributed by atoms with Crippen molar-refractivity contribution in [3.8, 4) is 17.1 Å². The largest absolute Gasteiger partial charge is 0.497 e. The van der Waals surface area contributed by atoms with E-state index in [-0.39, 0.29) is 12.4 Å². The van der Waals surface area contributed by atoms with Gasteiger partial charge in [-0.1, -0.05) is 12.1 Å². The zero-order valence-electron chi connectivity index (χ0n) is 17.6. The van der Waals surface area contributed by atoms with Gasteiger partial charge in [-0.2, -0.15) is 13.2 Å². The maximum absolute atomic E-state index is 13.1. The van der Waals surface area contributed by atoms with E-state index in [1.54, 1.807) is 23.9 Å². The van der Waals surface area contributed by atoms with E-state index in [1.165, 1.54) is 0 Å². The van der Waals surface area contributed by atoms with Crippen LogP contribution in [-0.2, 0) is 19.3 Å². The molecule has 0 radical (unpaired) electrons. The van der Waals surface area contributed by atoms with E-state index in [4.69, 9.17) is 4.74 Å². The number of alkyl halides is 3. The second kappa shape index (κ2) is 8.16. The zero-order valence-corrected chi connectivity index (χ0v) is 17.6. The molecule has 0 spiro atoms. The van der Waals surface area contributed by atoms with Crippen LogP contribution in [0.1, 0.15) is 29.7 Å². The number of fused-ring (bicyclic) bond motifs is 1. The number of hydrogen-bond acceptors (Lipinski definition) is 4. The summed E-state index contributed by atoms with van der Waals surface area (Å²) < 4.78 is 46.3. The summed E-state index contributed by atoms with van der Waals surface area (Å²) in [6, 6.07) is 10.7. The molecule has 166 valence electrons. The molecule has 1 aromatic carbocycles. The fourth-order valence-corrected chi connectivity index (χ4v) is 4.25. The number of likely N-dealkylation sites (tertiary alicyclic amines) is 1. The van der Waals surface area contributed by atoms with Gasteiger partial charge in [-0.3, -0.25) is 4.90 Å². The number of nitrogens with zero attached hydrogens (tertiary/aromatic N) is 3. The molecule has 0 aromatic heterocycles. The van der Waals surface area contributed by atoms with E-state index in [1.807, 2.05) is 31.2 Å². The Morgan fingerprint density at radius 1 is 1.16 bits per heavy atom. The van der Waals surface area contributed by atoms with Crippen LogP contribution in [0.4, 0.5) is 13.2 Å². The average Bonchev–Trinajstić information content (AvgIpc) is 3.15. The highest BCUT2D eigenvalue weighted by Gasteiger charge is 2.37. The molecule has 0 amide bonds. The Bertz CT molecular complexity index is 1020. The molecule has 4 rings (SSSR count). The third kappa shape index (κ3) is 4.85. The first-order valence-electron chi connectivity index (χ1n) is 10.3. The van der Waals surface area contributed by atoms with Gasteiger partial charge in [0.05, 0.1) is 19.3 Å². The molecular weight excluding hydrogens is 407 g/mol. The number of methoxy groups -OCH3 is 1. The van der Waals surface area contributed by atoms with Crippen LogP contribution in [0.3, 0.4) is 0 Å². The monoisotopic (exact) mass is 433 g/mol. The topological polar surface area (TPSA) is 50.5 Å². The van der Waals surface area contributed by atoms with Crippen LogP contribution in [0.15, 0.2) is 42.6 Å². The third-order valence-corrected chi connectivity index (χ3v) is 5.87. The Balaban J connectivity index is 1.46. The molecule has 0 atom stereocenters. The summed E-state index contributed by atoms with van der Waals surface area (Å²) in [5.74, 6) is 1.07. The number of piperidine rings is 1. The second-order valence-electron chi connectivity index (χ2n) is 8.42. The Labute approximate surface area is 179 Å². The number of ether oxygens (including phenoxy) is 1. The van der Waals surface area contributed by atoms with Crippen molar-refractivity contribution in [3.63, 3.8) is 0 Å². The number of aliphatic hydroxyl groups is 1. The van der Waals surface area contributed by atoms with Gasteiger partial charge in [0.15, 0.2) is 0 Å². The van der Waals surface area contributed by atoms with Gasteiger partial charge in [0.2, 0.25) is 0 Å². The van der Waals surface area contributed by atoms with E-state index >= 15 is 0 Å². The van der Waals surface area contributed by atoms with Crippen molar-refractivity contribution in [2.75, 3.05) is 20.2 Å². The predicted molar refractivity (Wildman–Crippen MR) is 111 cm³/mol. The van der Waals surface area contributed by atoms with Crippen LogP contribution < -0.4 is 4.74 Å². The number of benzene rings is 1. The molecule has 1 aromatic rings. The molecule has 8 heteroatoms. The summed E-state index contributed by atoms with van der Waals surface area (Å²) >= 11 is 0. The molecule has 1 N–H and O–H groups in total. The van der Waals surface area contributed by atoms with E-state index in [0.717, 1.165) is 29.5 Å². The molecule has 0 saturated carbocycles. The molecule has 0 aliphatic carbocycles. The van der Waals surface area contributed by atoms with Gasteiger partial charge in [0.1, 0.15) is 17.3 Å². The molecule has 5 nitrogen and oxygen atoms in total. The van der Waals surface area contributed by atoms with Gasteiger partial charge in [-0.25, -0.2) is 4.98 Å². The summed E-state index contributed by atoms with van der Waals surface area (Å²) in [6.45, 7) is 4.20. The van der Waals surface area contributed by atoms with Gasteiger partial charge in [0.25, 0.3) is 0 Å². The van der Waals surface area contributed by atoms with Gasteiger partial charge < -0.3 is 14.4 Å². The normalized spacial score (nSPS) is 17.2. The van der Waals surface area contributed by atoms with E-state index < -0.39 is 17.5 Å². The lowest BCUT2D eigenvalue weighted by atomic mass is 9.90. The predicted octanol–water partition coefficient (Wildman–Crippen LogP) is 4.35. The van der Waals surface area contributed by atoms with Crippen molar-refractivity contribution in [1.29, 1.82) is 0 Å². The highest BCUT2D eigenvalue weighted by Crippen LogP contribution is 2.35. The van der Waals surface area contributed by atoms with E-state index in [0.29, 0.717) is 31.5 Å². The van der Waals surface area contributed by atoms with Crippen LogP contribution in [0.2, 0.25) is 0 Å². The number of aromatic nitrogens is 2. The highest BCUT2D eigenvalue weighted by molar-refractivity contribution is 5.60. The van der Waals surface area contributed by atoms with Crippen molar-refractivity contribution in [1.82, 2.24) is 14.5 Å². The molecular formula is C23H26F3N3O2. The van der Waals surface area contributed by atoms with Crippen LogP contribution >= 0.6 is 0 Å². The maximum atomic E-state index is 13.1. The molecule has 1 saturated heterocycles. The lowest BCUT2D eigenvalue weighted by Crippen LogP contribution is -2.46. The fraction of sp³-hybridized carbons (Fsp3) is 0.435. The molecule has 3 aliphatic heterocycles. The Kier molecular flexibility index (Phi) is 5.70. The Morgan fingerprint density at radius 3 is 2.58 bits per heavy atom. The summed E-state index contributed by atoms with van der Waals surface area (Å²) in [5.41, 5.74) is 0.509. The van der Waals surface area contributed by atoms with Gasteiger partial charge in [-0.15, -0.1) is 0 Å². The van der Waals surface area contributed by atoms with Crippen molar-refractivity contribution < 1.29 is 23.0 Å². The molecule has 0 bridgehead atoms. The maximum Gasteiger partial charge on any atom is 0.433 e. The van der Waals surface area contributed by atoms with Crippen molar-refractivity contribution >= 4 is 0 Å². The minimum absolute atomic E-state index is 0.215. The summed E-state index contributed by atoms with van der Waals surface area (Å²) in [5, 5.41) is 11.2. The van der Waals surface area contributed by atoms with E-state index in [2.05, 4.69) is 9.88 Å². The Morgan fingerprint density at radius 2 is 1.90 bits per heavy atom. The quantitative estimate of drug-likeness (QED) is 0.650. The van der Waals surface area contributed by atoms with Gasteiger partial charge >= 0.3 is 6.18 Å². The fourth-order valence-electron chi connectivity index (χ4n) is 4.25. The van der Waals surface area contributed by atoms with Crippen LogP contribution in [0.25, 0.3) is 11.4 Å². The first kappa shape index (κ1) is 21.6. The first-order chi connectivity index (χ1) is 14.6. The minimum Gasteiger partial charge on any atom is -0.497 e. The number of pyridine rings is 1. The first-order valence-corrected chi connectivity index (χ1v) is 10.3. The lowest BCUT2D eigenvalue weighted by molar-refractivity contribution is -0.140. The molecule has 31 heavy (non-hydrogen) atoms. The smallest absolute Gasteiger partial charge is 0.433 e. The molecule has 3 aliphatic rings. The molecule has 1 fully saturated rings. The molecule has 0 unspecified atom stereocenters. The van der Waals surface area contributed by atoms with Crippen LogP contribution in [-0.4, -0.2) is 45.4 Å². The number of halogens is 3. The highest BCUT2D eigenvalue weighted by atomic mass is 19.4. The minimum atomic E-state index is -4.49. The van der Waals surface area contributed by atoms with Gasteiger partial charge in [-0.05, 0) is 55.2 Å². The third-order valence-electron chi connectivity index (χ3n) is 5.87. The van der Waals surface area contributed by atoms with Gasteiger partial charge in [0, 0.05) is 31.4 Å². The second-order valence-corrected chi connectivity index (χ2v) is 8.42. The SMILES string of the molecule is COc1cccc(CN2CCC(O)(Cn3cc(C)cc4cc(C(F)(F)F)nc3-4)CC2)c1. The lowest BCUT2D eigenvalue weighted by Gasteiger charge is -2.39. The number of rotatable bonds is 5. The zero-order chi connectivity index (χ0) is 22.2.